The van der Waals surface area contributed by atoms with Gasteiger partial charge in [-0.25, -0.2) is 9.59 Å². The third kappa shape index (κ3) is 3.31. The van der Waals surface area contributed by atoms with Crippen molar-refractivity contribution < 1.29 is 39.1 Å². The smallest absolute Gasteiger partial charge is 0.338 e. The molecule has 0 radical (unpaired) electrons. The van der Waals surface area contributed by atoms with E-state index in [1.165, 1.54) is 25.3 Å². The molecule has 1 saturated heterocycles. The molecule has 8 nitrogen and oxygen atoms in total. The number of methoxy groups -OCH3 is 1. The van der Waals surface area contributed by atoms with Crippen LogP contribution < -0.4 is 4.74 Å². The molecule has 0 aromatic heterocycles. The minimum absolute atomic E-state index is 0.0142. The molecule has 1 heterocycles. The number of fused-ring (bicyclic) bond motifs is 2. The molecule has 8 heteroatoms. The number of aliphatic hydroxyl groups is 2. The highest BCUT2D eigenvalue weighted by molar-refractivity contribution is 5.87. The molecule has 134 valence electrons. The number of hydrogen-bond donors (Lipinski definition) is 3. The Balaban J connectivity index is 1.66. The van der Waals surface area contributed by atoms with Crippen LogP contribution >= 0.6 is 0 Å². The quantitative estimate of drug-likeness (QED) is 0.518. The van der Waals surface area contributed by atoms with E-state index in [-0.39, 0.29) is 24.3 Å². The zero-order valence-electron chi connectivity index (χ0n) is 13.4. The number of phenolic OH excluding ortho intramolecular Hbond substituents is 1. The van der Waals surface area contributed by atoms with E-state index in [2.05, 4.69) is 0 Å². The zero-order valence-corrected chi connectivity index (χ0v) is 13.4. The number of aromatic hydroxyl groups is 1. The topological polar surface area (TPSA) is 123 Å². The molecular weight excluding hydrogens is 332 g/mol. The van der Waals surface area contributed by atoms with Crippen molar-refractivity contribution in [2.75, 3.05) is 7.11 Å². The Hall–Kier alpha value is -2.58. The summed E-state index contributed by atoms with van der Waals surface area (Å²) < 4.78 is 15.1. The molecule has 2 fully saturated rings. The van der Waals surface area contributed by atoms with Crippen LogP contribution in [0, 0.1) is 0 Å². The van der Waals surface area contributed by atoms with Crippen LogP contribution in [0.2, 0.25) is 0 Å². The van der Waals surface area contributed by atoms with E-state index in [9.17, 15) is 24.9 Å². The summed E-state index contributed by atoms with van der Waals surface area (Å²) in [6, 6.07) is 4.54. The number of carbonyl (C=O) groups excluding carboxylic acids is 2. The van der Waals surface area contributed by atoms with Crippen molar-refractivity contribution in [3.05, 3.63) is 29.8 Å². The van der Waals surface area contributed by atoms with Gasteiger partial charge in [0.25, 0.3) is 0 Å². The van der Waals surface area contributed by atoms with Crippen molar-refractivity contribution in [1.29, 1.82) is 0 Å². The molecule has 0 amide bonds. The van der Waals surface area contributed by atoms with Gasteiger partial charge in [-0.05, 0) is 23.8 Å². The molecule has 1 saturated carbocycles. The van der Waals surface area contributed by atoms with E-state index < -0.39 is 35.9 Å². The summed E-state index contributed by atoms with van der Waals surface area (Å²) in [7, 11) is 1.41. The van der Waals surface area contributed by atoms with Crippen LogP contribution in [0.15, 0.2) is 24.3 Å². The largest absolute Gasteiger partial charge is 0.504 e. The first kappa shape index (κ1) is 17.2. The number of esters is 2. The SMILES string of the molecule is COc1cc(/C=C/C(=O)O[C@@H]2[C@H](O)C[C@]3(O)C[C@H]2OC3=O)ccc1O. The van der Waals surface area contributed by atoms with Gasteiger partial charge in [-0.3, -0.25) is 0 Å². The molecule has 25 heavy (non-hydrogen) atoms. The number of rotatable bonds is 4. The Morgan fingerprint density at radius 2 is 2.16 bits per heavy atom. The third-order valence-electron chi connectivity index (χ3n) is 4.34. The Labute approximate surface area is 143 Å². The fourth-order valence-electron chi connectivity index (χ4n) is 3.05. The van der Waals surface area contributed by atoms with E-state index in [1.807, 2.05) is 0 Å². The summed E-state index contributed by atoms with van der Waals surface area (Å²) in [6.07, 6.45) is -0.738. The van der Waals surface area contributed by atoms with E-state index >= 15 is 0 Å². The molecule has 3 rings (SSSR count). The van der Waals surface area contributed by atoms with Crippen molar-refractivity contribution in [2.45, 2.75) is 36.8 Å². The third-order valence-corrected chi connectivity index (χ3v) is 4.34. The first-order valence-electron chi connectivity index (χ1n) is 7.69. The number of ether oxygens (including phenoxy) is 3. The molecule has 2 bridgehead atoms. The predicted molar refractivity (Wildman–Crippen MR) is 83.6 cm³/mol. The average molecular weight is 350 g/mol. The maximum Gasteiger partial charge on any atom is 0.338 e. The van der Waals surface area contributed by atoms with Crippen molar-refractivity contribution >= 4 is 18.0 Å². The number of hydrogen-bond acceptors (Lipinski definition) is 8. The summed E-state index contributed by atoms with van der Waals surface area (Å²) in [5.41, 5.74) is -1.11. The number of aliphatic hydroxyl groups excluding tert-OH is 1. The van der Waals surface area contributed by atoms with E-state index in [0.717, 1.165) is 6.08 Å². The Morgan fingerprint density at radius 1 is 1.40 bits per heavy atom. The highest BCUT2D eigenvalue weighted by Gasteiger charge is 2.58. The second-order valence-corrected chi connectivity index (χ2v) is 6.12. The predicted octanol–water partition coefficient (Wildman–Crippen LogP) is 0.137. The molecule has 1 aliphatic carbocycles. The van der Waals surface area contributed by atoms with Gasteiger partial charge < -0.3 is 29.5 Å². The van der Waals surface area contributed by atoms with Gasteiger partial charge in [0, 0.05) is 18.9 Å². The van der Waals surface area contributed by atoms with Crippen LogP contribution in [0.1, 0.15) is 18.4 Å². The Morgan fingerprint density at radius 3 is 2.88 bits per heavy atom. The number of phenols is 1. The lowest BCUT2D eigenvalue weighted by Crippen LogP contribution is -2.50. The minimum Gasteiger partial charge on any atom is -0.504 e. The maximum atomic E-state index is 12.0. The Kier molecular flexibility index (Phi) is 4.40. The van der Waals surface area contributed by atoms with Gasteiger partial charge in [-0.15, -0.1) is 0 Å². The number of carbonyl (C=O) groups is 2. The van der Waals surface area contributed by atoms with Gasteiger partial charge in [0.1, 0.15) is 6.10 Å². The second-order valence-electron chi connectivity index (χ2n) is 6.12. The van der Waals surface area contributed by atoms with E-state index in [4.69, 9.17) is 14.2 Å². The molecule has 2 aliphatic rings. The van der Waals surface area contributed by atoms with Gasteiger partial charge >= 0.3 is 11.9 Å². The normalized spacial score (nSPS) is 31.0. The molecule has 1 aliphatic heterocycles. The van der Waals surface area contributed by atoms with Gasteiger partial charge in [-0.2, -0.15) is 0 Å². The van der Waals surface area contributed by atoms with Crippen LogP contribution in [0.4, 0.5) is 0 Å². The Bertz CT molecular complexity index is 727. The van der Waals surface area contributed by atoms with Crippen LogP contribution in [0.25, 0.3) is 6.08 Å². The first-order chi connectivity index (χ1) is 11.8. The molecule has 1 aromatic rings. The summed E-state index contributed by atoms with van der Waals surface area (Å²) in [5, 5.41) is 29.6. The molecule has 0 spiro atoms. The highest BCUT2D eigenvalue weighted by atomic mass is 16.6. The molecular formula is C17H18O8. The van der Waals surface area contributed by atoms with Crippen LogP contribution in [0.3, 0.4) is 0 Å². The fourth-order valence-corrected chi connectivity index (χ4v) is 3.05. The van der Waals surface area contributed by atoms with Crippen molar-refractivity contribution in [3.63, 3.8) is 0 Å². The fraction of sp³-hybridized carbons (Fsp3) is 0.412. The van der Waals surface area contributed by atoms with Crippen molar-refractivity contribution in [1.82, 2.24) is 0 Å². The number of benzene rings is 1. The summed E-state index contributed by atoms with van der Waals surface area (Å²) in [5.74, 6) is -1.30. The van der Waals surface area contributed by atoms with Gasteiger partial charge in [0.15, 0.2) is 23.2 Å². The van der Waals surface area contributed by atoms with Crippen LogP contribution in [0.5, 0.6) is 11.5 Å². The monoisotopic (exact) mass is 350 g/mol. The van der Waals surface area contributed by atoms with Gasteiger partial charge in [0.2, 0.25) is 0 Å². The maximum absolute atomic E-state index is 12.0. The van der Waals surface area contributed by atoms with Crippen molar-refractivity contribution in [2.24, 2.45) is 0 Å². The van der Waals surface area contributed by atoms with Crippen molar-refractivity contribution in [3.8, 4) is 11.5 Å². The van der Waals surface area contributed by atoms with Gasteiger partial charge in [0.05, 0.1) is 13.2 Å². The summed E-state index contributed by atoms with van der Waals surface area (Å²) in [4.78, 5) is 23.6. The second kappa shape index (κ2) is 6.38. The summed E-state index contributed by atoms with van der Waals surface area (Å²) >= 11 is 0. The zero-order chi connectivity index (χ0) is 18.2. The lowest BCUT2D eigenvalue weighted by molar-refractivity contribution is -0.165. The first-order valence-corrected chi connectivity index (χ1v) is 7.69. The lowest BCUT2D eigenvalue weighted by atomic mass is 9.82. The lowest BCUT2D eigenvalue weighted by Gasteiger charge is -2.32. The standard InChI is InChI=1S/C17H18O8/c1-23-12-6-9(2-4-10(12)18)3-5-14(20)25-15-11(19)7-17(22)8-13(15)24-16(17)21/h2-6,11,13,15,18-19,22H,7-8H2,1H3/b5-3+/t11-,13-,15-,17+/m1/s1. The average Bonchev–Trinajstić information content (AvgIpc) is 2.81. The molecule has 1 aromatic carbocycles. The molecule has 3 N–H and O–H groups in total. The van der Waals surface area contributed by atoms with Crippen LogP contribution in [-0.4, -0.2) is 58.3 Å². The summed E-state index contributed by atoms with van der Waals surface area (Å²) in [6.45, 7) is 0. The van der Waals surface area contributed by atoms with E-state index in [1.54, 1.807) is 6.07 Å². The molecule has 0 unspecified atom stereocenters. The minimum atomic E-state index is -1.70. The van der Waals surface area contributed by atoms with Crippen LogP contribution in [-0.2, 0) is 19.1 Å². The highest BCUT2D eigenvalue weighted by Crippen LogP contribution is 2.39. The van der Waals surface area contributed by atoms with Gasteiger partial charge in [-0.1, -0.05) is 6.07 Å². The van der Waals surface area contributed by atoms with E-state index in [0.29, 0.717) is 5.56 Å². The molecule has 4 atom stereocenters.